The van der Waals surface area contributed by atoms with Gasteiger partial charge in [0.25, 0.3) is 5.91 Å². The molecule has 0 saturated carbocycles. The summed E-state index contributed by atoms with van der Waals surface area (Å²) in [4.78, 5) is 29.0. The van der Waals surface area contributed by atoms with Crippen molar-refractivity contribution in [3.8, 4) is 11.1 Å². The van der Waals surface area contributed by atoms with Crippen LogP contribution in [0.15, 0.2) is 65.7 Å². The SMILES string of the molecule is O=C(NCc1ccc(C(=O)NO)c(-c2ccccc2Cl)c1)Nc1cccc2c1N=CCC2. The van der Waals surface area contributed by atoms with Crippen molar-refractivity contribution < 1.29 is 14.8 Å². The number of para-hydroxylation sites is 1. The van der Waals surface area contributed by atoms with Gasteiger partial charge in [-0.25, -0.2) is 10.3 Å². The predicted octanol–water partition coefficient (Wildman–Crippen LogP) is 5.10. The van der Waals surface area contributed by atoms with Crippen LogP contribution < -0.4 is 16.1 Å². The first-order valence-electron chi connectivity index (χ1n) is 10.1. The fourth-order valence-corrected chi connectivity index (χ4v) is 3.87. The number of hydrogen-bond acceptors (Lipinski definition) is 4. The lowest BCUT2D eigenvalue weighted by atomic mass is 9.96. The molecular weight excluding hydrogens is 428 g/mol. The third-order valence-corrected chi connectivity index (χ3v) is 5.51. The van der Waals surface area contributed by atoms with Crippen LogP contribution >= 0.6 is 11.6 Å². The van der Waals surface area contributed by atoms with Crippen molar-refractivity contribution >= 4 is 41.1 Å². The van der Waals surface area contributed by atoms with E-state index in [-0.39, 0.29) is 18.1 Å². The van der Waals surface area contributed by atoms with Crippen molar-refractivity contribution in [1.29, 1.82) is 0 Å². The number of aliphatic imine (C=N–C) groups is 1. The topological polar surface area (TPSA) is 103 Å². The average Bonchev–Trinajstić information content (AvgIpc) is 2.83. The van der Waals surface area contributed by atoms with Gasteiger partial charge in [0.15, 0.2) is 0 Å². The predicted molar refractivity (Wildman–Crippen MR) is 125 cm³/mol. The van der Waals surface area contributed by atoms with Gasteiger partial charge in [-0.1, -0.05) is 48.0 Å². The Morgan fingerprint density at radius 3 is 2.69 bits per heavy atom. The summed E-state index contributed by atoms with van der Waals surface area (Å²) < 4.78 is 0. The number of nitrogens with zero attached hydrogens (tertiary/aromatic N) is 1. The van der Waals surface area contributed by atoms with Crippen LogP contribution in [0.5, 0.6) is 0 Å². The molecule has 0 bridgehead atoms. The first kappa shape index (κ1) is 21.5. The Balaban J connectivity index is 1.52. The lowest BCUT2D eigenvalue weighted by Gasteiger charge is -2.16. The molecule has 3 aromatic carbocycles. The molecule has 0 radical (unpaired) electrons. The van der Waals surface area contributed by atoms with Crippen molar-refractivity contribution in [2.75, 3.05) is 5.32 Å². The van der Waals surface area contributed by atoms with Crippen LogP contribution in [0.25, 0.3) is 11.1 Å². The Labute approximate surface area is 190 Å². The standard InChI is InChI=1S/C24H21ClN4O3/c25-20-8-2-1-7-17(20)19-13-15(10-11-18(19)23(30)29-32)14-27-24(31)28-21-9-3-5-16-6-4-12-26-22(16)21/h1-3,5,7-13,32H,4,6,14H2,(H,29,30)(H2,27,28,31). The number of aryl methyl sites for hydroxylation is 1. The van der Waals surface area contributed by atoms with Crippen LogP contribution in [0.1, 0.15) is 27.9 Å². The summed E-state index contributed by atoms with van der Waals surface area (Å²) in [6, 6.07) is 17.5. The molecule has 162 valence electrons. The van der Waals surface area contributed by atoms with Crippen LogP contribution in [0.2, 0.25) is 5.02 Å². The largest absolute Gasteiger partial charge is 0.334 e. The van der Waals surface area contributed by atoms with E-state index in [1.54, 1.807) is 41.9 Å². The number of hydroxylamine groups is 1. The van der Waals surface area contributed by atoms with E-state index in [1.165, 1.54) is 0 Å². The molecule has 0 saturated heterocycles. The van der Waals surface area contributed by atoms with E-state index in [1.807, 2.05) is 30.5 Å². The first-order chi connectivity index (χ1) is 15.6. The van der Waals surface area contributed by atoms with E-state index in [2.05, 4.69) is 15.6 Å². The molecule has 4 rings (SSSR count). The van der Waals surface area contributed by atoms with Gasteiger partial charge in [0, 0.05) is 28.9 Å². The van der Waals surface area contributed by atoms with Gasteiger partial charge < -0.3 is 10.6 Å². The smallest absolute Gasteiger partial charge is 0.319 e. The number of carbonyl (C=O) groups excluding carboxylic acids is 2. The number of benzene rings is 3. The number of anilines is 1. The molecule has 1 heterocycles. The van der Waals surface area contributed by atoms with Crippen LogP contribution in [0.4, 0.5) is 16.2 Å². The molecule has 0 fully saturated rings. The van der Waals surface area contributed by atoms with E-state index < -0.39 is 5.91 Å². The second-order valence-corrected chi connectivity index (χ2v) is 7.68. The van der Waals surface area contributed by atoms with Gasteiger partial charge in [0.1, 0.15) is 0 Å². The molecule has 0 unspecified atom stereocenters. The highest BCUT2D eigenvalue weighted by Gasteiger charge is 2.16. The molecule has 4 N–H and O–H groups in total. The first-order valence-corrected chi connectivity index (χ1v) is 10.5. The molecule has 0 aliphatic carbocycles. The van der Waals surface area contributed by atoms with Gasteiger partial charge in [-0.2, -0.15) is 0 Å². The highest BCUT2D eigenvalue weighted by Crippen LogP contribution is 2.33. The Kier molecular flexibility index (Phi) is 6.49. The number of rotatable bonds is 5. The lowest BCUT2D eigenvalue weighted by Crippen LogP contribution is -2.28. The molecule has 0 atom stereocenters. The highest BCUT2D eigenvalue weighted by atomic mass is 35.5. The zero-order chi connectivity index (χ0) is 22.5. The summed E-state index contributed by atoms with van der Waals surface area (Å²) in [6.45, 7) is 0.225. The Hall–Kier alpha value is -3.68. The quantitative estimate of drug-likeness (QED) is 0.322. The number of halogens is 1. The molecule has 32 heavy (non-hydrogen) atoms. The lowest BCUT2D eigenvalue weighted by molar-refractivity contribution is 0.0707. The van der Waals surface area contributed by atoms with Crippen molar-refractivity contribution in [3.05, 3.63) is 82.4 Å². The Morgan fingerprint density at radius 1 is 1.03 bits per heavy atom. The fourth-order valence-electron chi connectivity index (χ4n) is 3.63. The normalized spacial score (nSPS) is 12.1. The number of fused-ring (bicyclic) bond motifs is 1. The fraction of sp³-hybridized carbons (Fsp3) is 0.125. The molecule has 1 aliphatic heterocycles. The summed E-state index contributed by atoms with van der Waals surface area (Å²) in [7, 11) is 0. The third kappa shape index (κ3) is 4.64. The zero-order valence-electron chi connectivity index (χ0n) is 17.1. The minimum Gasteiger partial charge on any atom is -0.334 e. The second kappa shape index (κ2) is 9.64. The van der Waals surface area contributed by atoms with Gasteiger partial charge in [0.05, 0.1) is 11.4 Å². The van der Waals surface area contributed by atoms with Gasteiger partial charge >= 0.3 is 6.03 Å². The maximum Gasteiger partial charge on any atom is 0.319 e. The number of carbonyl (C=O) groups is 2. The van der Waals surface area contributed by atoms with Gasteiger partial charge in [0.2, 0.25) is 0 Å². The van der Waals surface area contributed by atoms with E-state index in [9.17, 15) is 9.59 Å². The summed E-state index contributed by atoms with van der Waals surface area (Å²) >= 11 is 6.32. The monoisotopic (exact) mass is 448 g/mol. The minimum atomic E-state index is -0.647. The molecule has 0 aromatic heterocycles. The highest BCUT2D eigenvalue weighted by molar-refractivity contribution is 6.33. The Bertz CT molecular complexity index is 1210. The molecule has 8 heteroatoms. The number of nitrogens with one attached hydrogen (secondary N) is 3. The van der Waals surface area contributed by atoms with E-state index in [4.69, 9.17) is 16.8 Å². The number of hydrogen-bond donors (Lipinski definition) is 4. The molecule has 3 amide bonds. The van der Waals surface area contributed by atoms with Crippen molar-refractivity contribution in [2.24, 2.45) is 4.99 Å². The van der Waals surface area contributed by atoms with E-state index in [0.29, 0.717) is 21.8 Å². The summed E-state index contributed by atoms with van der Waals surface area (Å²) in [6.07, 6.45) is 3.64. The average molecular weight is 449 g/mol. The second-order valence-electron chi connectivity index (χ2n) is 7.27. The van der Waals surface area contributed by atoms with Crippen LogP contribution in [-0.2, 0) is 13.0 Å². The third-order valence-electron chi connectivity index (χ3n) is 5.18. The number of urea groups is 1. The van der Waals surface area contributed by atoms with E-state index in [0.717, 1.165) is 29.7 Å². The van der Waals surface area contributed by atoms with Gasteiger partial charge in [-0.3, -0.25) is 15.0 Å². The summed E-state index contributed by atoms with van der Waals surface area (Å²) in [5.41, 5.74) is 6.43. The van der Waals surface area contributed by atoms with E-state index >= 15 is 0 Å². The summed E-state index contributed by atoms with van der Waals surface area (Å²) in [5, 5.41) is 15.2. The van der Waals surface area contributed by atoms with Crippen LogP contribution in [0.3, 0.4) is 0 Å². The zero-order valence-corrected chi connectivity index (χ0v) is 17.8. The van der Waals surface area contributed by atoms with Crippen LogP contribution in [0, 0.1) is 0 Å². The van der Waals surface area contributed by atoms with Crippen molar-refractivity contribution in [1.82, 2.24) is 10.8 Å². The maximum atomic E-state index is 12.5. The van der Waals surface area contributed by atoms with Gasteiger partial charge in [-0.15, -0.1) is 0 Å². The van der Waals surface area contributed by atoms with Crippen molar-refractivity contribution in [2.45, 2.75) is 19.4 Å². The Morgan fingerprint density at radius 2 is 1.88 bits per heavy atom. The minimum absolute atomic E-state index is 0.225. The molecule has 1 aliphatic rings. The number of amides is 3. The summed E-state index contributed by atoms with van der Waals surface area (Å²) in [5.74, 6) is -0.647. The van der Waals surface area contributed by atoms with Crippen LogP contribution in [-0.4, -0.2) is 23.4 Å². The molecular formula is C24H21ClN4O3. The van der Waals surface area contributed by atoms with Gasteiger partial charge in [-0.05, 0) is 53.8 Å². The molecule has 3 aromatic rings. The van der Waals surface area contributed by atoms with Crippen molar-refractivity contribution in [3.63, 3.8) is 0 Å². The molecule has 7 nitrogen and oxygen atoms in total. The maximum absolute atomic E-state index is 12.5. The molecule has 0 spiro atoms.